The average molecular weight is 251 g/mol. The van der Waals surface area contributed by atoms with Crippen molar-refractivity contribution in [2.75, 3.05) is 13.1 Å². The van der Waals surface area contributed by atoms with Gasteiger partial charge >= 0.3 is 0 Å². The number of carbonyl (C=O) groups is 1. The Kier molecular flexibility index (Phi) is 4.03. The smallest absolute Gasteiger partial charge is 0.228 e. The summed E-state index contributed by atoms with van der Waals surface area (Å²) in [6, 6.07) is 0. The van der Waals surface area contributed by atoms with Crippen molar-refractivity contribution >= 4 is 5.91 Å². The number of fused-ring (bicyclic) bond motifs is 4. The van der Waals surface area contributed by atoms with E-state index >= 15 is 0 Å². The van der Waals surface area contributed by atoms with Crippen LogP contribution >= 0.6 is 0 Å². The number of nitrogens with zero attached hydrogens (tertiary/aromatic N) is 1. The van der Waals surface area contributed by atoms with Crippen LogP contribution in [-0.2, 0) is 4.79 Å². The maximum atomic E-state index is 12.8. The summed E-state index contributed by atoms with van der Waals surface area (Å²) in [5.74, 6) is 2.91. The molecule has 0 N–H and O–H groups in total. The fraction of sp³-hybridized carbons (Fsp3) is 0.938. The van der Waals surface area contributed by atoms with Crippen LogP contribution in [0.5, 0.6) is 0 Å². The molecule has 0 heterocycles. The first-order chi connectivity index (χ1) is 8.48. The highest BCUT2D eigenvalue weighted by Gasteiger charge is 2.45. The molecule has 1 amide bonds. The van der Waals surface area contributed by atoms with E-state index in [4.69, 9.17) is 0 Å². The predicted octanol–water partition coefficient (Wildman–Crippen LogP) is 3.71. The minimum atomic E-state index is -0.0957. The lowest BCUT2D eigenvalue weighted by atomic mass is 9.59. The highest BCUT2D eigenvalue weighted by molar-refractivity contribution is 5.82. The highest BCUT2D eigenvalue weighted by Crippen LogP contribution is 2.50. The second-order valence-corrected chi connectivity index (χ2v) is 6.99. The van der Waals surface area contributed by atoms with E-state index in [1.54, 1.807) is 0 Å². The van der Waals surface area contributed by atoms with Crippen molar-refractivity contribution in [3.8, 4) is 0 Å². The summed E-state index contributed by atoms with van der Waals surface area (Å²) in [7, 11) is 0. The van der Waals surface area contributed by atoms with E-state index in [0.717, 1.165) is 37.8 Å². The van der Waals surface area contributed by atoms with Crippen LogP contribution in [-0.4, -0.2) is 23.9 Å². The fourth-order valence-corrected chi connectivity index (χ4v) is 4.44. The van der Waals surface area contributed by atoms with Crippen molar-refractivity contribution in [3.63, 3.8) is 0 Å². The summed E-state index contributed by atoms with van der Waals surface area (Å²) in [6.07, 6.45) is 6.33. The second-order valence-electron chi connectivity index (χ2n) is 6.99. The third kappa shape index (κ3) is 2.57. The van der Waals surface area contributed by atoms with Crippen molar-refractivity contribution < 1.29 is 4.79 Å². The second kappa shape index (κ2) is 5.22. The topological polar surface area (TPSA) is 20.3 Å². The largest absolute Gasteiger partial charge is 0.343 e. The minimum absolute atomic E-state index is 0.0957. The van der Waals surface area contributed by atoms with Crippen LogP contribution in [0, 0.1) is 23.2 Å². The Hall–Kier alpha value is -0.530. The van der Waals surface area contributed by atoms with Gasteiger partial charge in [0.25, 0.3) is 0 Å². The molecule has 2 bridgehead atoms. The summed E-state index contributed by atoms with van der Waals surface area (Å²) in [5.41, 5.74) is -0.0957. The van der Waals surface area contributed by atoms with Gasteiger partial charge in [0.2, 0.25) is 5.91 Å². The quantitative estimate of drug-likeness (QED) is 0.749. The van der Waals surface area contributed by atoms with Crippen molar-refractivity contribution in [2.24, 2.45) is 23.2 Å². The van der Waals surface area contributed by atoms with Gasteiger partial charge in [-0.05, 0) is 63.7 Å². The first kappa shape index (κ1) is 13.9. The Labute approximate surface area is 112 Å². The number of carbonyl (C=O) groups excluding carboxylic acids is 1. The molecule has 0 aromatic rings. The van der Waals surface area contributed by atoms with Crippen LogP contribution in [0.4, 0.5) is 0 Å². The van der Waals surface area contributed by atoms with E-state index in [1.165, 1.54) is 19.3 Å². The summed E-state index contributed by atoms with van der Waals surface area (Å²) in [4.78, 5) is 14.8. The monoisotopic (exact) mass is 251 g/mol. The SMILES string of the molecule is CCN(CC)C(=O)C1(C)CC(C)CC2CC(C2)C1. The third-order valence-electron chi connectivity index (χ3n) is 5.17. The van der Waals surface area contributed by atoms with Crippen LogP contribution in [0.25, 0.3) is 0 Å². The summed E-state index contributed by atoms with van der Waals surface area (Å²) in [6.45, 7) is 10.5. The first-order valence-corrected chi connectivity index (χ1v) is 7.77. The van der Waals surface area contributed by atoms with E-state index in [2.05, 4.69) is 27.7 Å². The molecule has 3 aliphatic rings. The van der Waals surface area contributed by atoms with Crippen LogP contribution in [0.1, 0.15) is 59.8 Å². The minimum Gasteiger partial charge on any atom is -0.343 e. The lowest BCUT2D eigenvalue weighted by Gasteiger charge is -2.47. The van der Waals surface area contributed by atoms with Crippen molar-refractivity contribution in [1.82, 2.24) is 4.90 Å². The third-order valence-corrected chi connectivity index (χ3v) is 5.17. The van der Waals surface area contributed by atoms with Gasteiger partial charge in [-0.1, -0.05) is 13.8 Å². The summed E-state index contributed by atoms with van der Waals surface area (Å²) in [5, 5.41) is 0. The fourth-order valence-electron chi connectivity index (χ4n) is 4.44. The molecule has 0 aliphatic heterocycles. The molecule has 3 fully saturated rings. The molecular weight excluding hydrogens is 222 g/mol. The molecule has 3 saturated carbocycles. The van der Waals surface area contributed by atoms with Gasteiger partial charge in [0, 0.05) is 18.5 Å². The van der Waals surface area contributed by atoms with Gasteiger partial charge in [-0.2, -0.15) is 0 Å². The van der Waals surface area contributed by atoms with E-state index in [-0.39, 0.29) is 5.41 Å². The van der Waals surface area contributed by atoms with Gasteiger partial charge in [0.05, 0.1) is 0 Å². The normalized spacial score (nSPS) is 39.4. The molecule has 18 heavy (non-hydrogen) atoms. The van der Waals surface area contributed by atoms with Crippen molar-refractivity contribution in [1.29, 1.82) is 0 Å². The zero-order valence-electron chi connectivity index (χ0n) is 12.5. The van der Waals surface area contributed by atoms with Gasteiger partial charge in [-0.3, -0.25) is 4.79 Å². The molecule has 2 nitrogen and oxygen atoms in total. The van der Waals surface area contributed by atoms with E-state index < -0.39 is 0 Å². The Morgan fingerprint density at radius 3 is 2.28 bits per heavy atom. The predicted molar refractivity (Wildman–Crippen MR) is 75.3 cm³/mol. The standard InChI is InChI=1S/C16H29NO/c1-5-17(6-2)15(18)16(4)10-12(3)7-13-8-14(9-13)11-16/h12-14H,5-11H2,1-4H3. The van der Waals surface area contributed by atoms with Gasteiger partial charge in [0.1, 0.15) is 0 Å². The van der Waals surface area contributed by atoms with Crippen LogP contribution < -0.4 is 0 Å². The van der Waals surface area contributed by atoms with E-state index in [0.29, 0.717) is 11.8 Å². The highest BCUT2D eigenvalue weighted by atomic mass is 16.2. The maximum absolute atomic E-state index is 12.8. The zero-order chi connectivity index (χ0) is 13.3. The molecule has 2 heteroatoms. The number of hydrogen-bond acceptors (Lipinski definition) is 1. The Morgan fingerprint density at radius 2 is 1.72 bits per heavy atom. The number of amides is 1. The average Bonchev–Trinajstić information content (AvgIpc) is 2.24. The molecule has 0 spiro atoms. The molecule has 104 valence electrons. The molecular formula is C16H29NO. The maximum Gasteiger partial charge on any atom is 0.228 e. The van der Waals surface area contributed by atoms with Gasteiger partial charge < -0.3 is 4.90 Å². The summed E-state index contributed by atoms with van der Waals surface area (Å²) < 4.78 is 0. The van der Waals surface area contributed by atoms with Crippen LogP contribution in [0.2, 0.25) is 0 Å². The lowest BCUT2D eigenvalue weighted by molar-refractivity contribution is -0.145. The molecule has 0 aromatic heterocycles. The molecule has 2 unspecified atom stereocenters. The number of rotatable bonds is 3. The first-order valence-electron chi connectivity index (χ1n) is 7.77. The Bertz CT molecular complexity index is 300. The van der Waals surface area contributed by atoms with Crippen LogP contribution in [0.15, 0.2) is 0 Å². The molecule has 3 aliphatic carbocycles. The summed E-state index contributed by atoms with van der Waals surface area (Å²) >= 11 is 0. The zero-order valence-corrected chi connectivity index (χ0v) is 12.5. The molecule has 2 atom stereocenters. The molecule has 3 rings (SSSR count). The number of hydrogen-bond donors (Lipinski definition) is 0. The van der Waals surface area contributed by atoms with E-state index in [9.17, 15) is 4.79 Å². The van der Waals surface area contributed by atoms with Crippen LogP contribution in [0.3, 0.4) is 0 Å². The Morgan fingerprint density at radius 1 is 1.11 bits per heavy atom. The van der Waals surface area contributed by atoms with E-state index in [1.807, 2.05) is 4.90 Å². The van der Waals surface area contributed by atoms with Gasteiger partial charge in [-0.15, -0.1) is 0 Å². The molecule has 0 aromatic carbocycles. The van der Waals surface area contributed by atoms with Gasteiger partial charge in [0.15, 0.2) is 0 Å². The van der Waals surface area contributed by atoms with Crippen molar-refractivity contribution in [2.45, 2.75) is 59.8 Å². The molecule has 0 saturated heterocycles. The van der Waals surface area contributed by atoms with Crippen molar-refractivity contribution in [3.05, 3.63) is 0 Å². The molecule has 0 radical (unpaired) electrons. The lowest BCUT2D eigenvalue weighted by Crippen LogP contribution is -2.47. The van der Waals surface area contributed by atoms with Gasteiger partial charge in [-0.25, -0.2) is 0 Å². The Balaban J connectivity index is 2.12.